The van der Waals surface area contributed by atoms with Crippen LogP contribution in [-0.2, 0) is 22.5 Å². The number of hydrogen-bond donors (Lipinski definition) is 1. The minimum atomic E-state index is -0.668. The number of aromatic nitrogens is 2. The first-order valence-electron chi connectivity index (χ1n) is 5.95. The van der Waals surface area contributed by atoms with E-state index in [1.54, 1.807) is 0 Å². The van der Waals surface area contributed by atoms with Gasteiger partial charge in [-0.1, -0.05) is 18.2 Å². The lowest BCUT2D eigenvalue weighted by molar-refractivity contribution is -0.142. The second kappa shape index (κ2) is 5.18. The van der Waals surface area contributed by atoms with Gasteiger partial charge < -0.3 is 10.5 Å². The third kappa shape index (κ3) is 2.22. The van der Waals surface area contributed by atoms with Crippen LogP contribution in [0.3, 0.4) is 0 Å². The second-order valence-corrected chi connectivity index (χ2v) is 4.11. The topological polar surface area (TPSA) is 70.1 Å². The third-order valence-electron chi connectivity index (χ3n) is 2.95. The summed E-state index contributed by atoms with van der Waals surface area (Å²) in [5.74, 6) is -0.412. The van der Waals surface area contributed by atoms with Crippen molar-refractivity contribution in [3.63, 3.8) is 0 Å². The molecule has 1 atom stereocenters. The Labute approximate surface area is 106 Å². The summed E-state index contributed by atoms with van der Waals surface area (Å²) in [6, 6.07) is 7.27. The molecule has 0 aliphatic rings. The Bertz CT molecular complexity index is 562. The number of benzene rings is 1. The molecule has 18 heavy (non-hydrogen) atoms. The van der Waals surface area contributed by atoms with Crippen molar-refractivity contribution in [2.75, 3.05) is 7.11 Å². The zero-order chi connectivity index (χ0) is 13.1. The molecule has 0 bridgehead atoms. The van der Waals surface area contributed by atoms with E-state index in [0.29, 0.717) is 6.42 Å². The van der Waals surface area contributed by atoms with E-state index in [9.17, 15) is 4.79 Å². The minimum Gasteiger partial charge on any atom is -0.468 e. The highest BCUT2D eigenvalue weighted by molar-refractivity contribution is 5.83. The van der Waals surface area contributed by atoms with Crippen molar-refractivity contribution in [3.8, 4) is 0 Å². The number of aryl methyl sites for hydroxylation is 1. The summed E-state index contributed by atoms with van der Waals surface area (Å²) >= 11 is 0. The molecule has 96 valence electrons. The molecular formula is C13H17N3O2. The van der Waals surface area contributed by atoms with E-state index < -0.39 is 12.0 Å². The predicted octanol–water partition coefficient (Wildman–Crippen LogP) is 1.10. The van der Waals surface area contributed by atoms with E-state index in [1.165, 1.54) is 7.11 Å². The summed E-state index contributed by atoms with van der Waals surface area (Å²) in [5.41, 5.74) is 7.68. The summed E-state index contributed by atoms with van der Waals surface area (Å²) in [6.07, 6.45) is 0.389. The number of ether oxygens (including phenoxy) is 1. The molecular weight excluding hydrogens is 230 g/mol. The highest BCUT2D eigenvalue weighted by atomic mass is 16.5. The van der Waals surface area contributed by atoms with E-state index in [2.05, 4.69) is 9.84 Å². The van der Waals surface area contributed by atoms with Crippen LogP contribution < -0.4 is 5.73 Å². The number of carbonyl (C=O) groups excluding carboxylic acids is 1. The van der Waals surface area contributed by atoms with Gasteiger partial charge >= 0.3 is 5.97 Å². The molecule has 2 aromatic rings. The van der Waals surface area contributed by atoms with Gasteiger partial charge in [0.1, 0.15) is 6.04 Å². The van der Waals surface area contributed by atoms with Crippen molar-refractivity contribution in [1.82, 2.24) is 9.78 Å². The van der Waals surface area contributed by atoms with E-state index in [0.717, 1.165) is 23.1 Å². The number of nitrogens with two attached hydrogens (primary N) is 1. The quantitative estimate of drug-likeness (QED) is 0.821. The maximum atomic E-state index is 11.3. The second-order valence-electron chi connectivity index (χ2n) is 4.11. The number of fused-ring (bicyclic) bond motifs is 1. The van der Waals surface area contributed by atoms with Crippen molar-refractivity contribution < 1.29 is 9.53 Å². The molecule has 1 heterocycles. The van der Waals surface area contributed by atoms with Crippen molar-refractivity contribution in [3.05, 3.63) is 30.0 Å². The Hall–Kier alpha value is -1.88. The number of esters is 1. The van der Waals surface area contributed by atoms with E-state index in [1.807, 2.05) is 35.9 Å². The van der Waals surface area contributed by atoms with E-state index in [-0.39, 0.29) is 0 Å². The molecule has 0 amide bonds. The zero-order valence-corrected chi connectivity index (χ0v) is 10.6. The van der Waals surface area contributed by atoms with Gasteiger partial charge in [-0.25, -0.2) is 0 Å². The molecule has 1 aromatic heterocycles. The molecule has 0 aliphatic carbocycles. The number of hydrogen-bond acceptors (Lipinski definition) is 4. The Balaban J connectivity index is 2.36. The van der Waals surface area contributed by atoms with Crippen LogP contribution in [0.25, 0.3) is 10.9 Å². The van der Waals surface area contributed by atoms with Gasteiger partial charge in [-0.05, 0) is 13.0 Å². The van der Waals surface area contributed by atoms with Crippen LogP contribution in [0.2, 0.25) is 0 Å². The molecule has 1 unspecified atom stereocenters. The van der Waals surface area contributed by atoms with Crippen LogP contribution in [0.15, 0.2) is 24.3 Å². The molecule has 0 fully saturated rings. The Morgan fingerprint density at radius 3 is 2.89 bits per heavy atom. The fourth-order valence-corrected chi connectivity index (χ4v) is 2.03. The van der Waals surface area contributed by atoms with Crippen LogP contribution in [0.1, 0.15) is 12.6 Å². The molecule has 2 N–H and O–H groups in total. The maximum absolute atomic E-state index is 11.3. The first-order chi connectivity index (χ1) is 8.67. The number of nitrogens with zero attached hydrogens (tertiary/aromatic N) is 2. The number of carbonyl (C=O) groups is 1. The molecule has 5 nitrogen and oxygen atoms in total. The Kier molecular flexibility index (Phi) is 3.62. The van der Waals surface area contributed by atoms with E-state index in [4.69, 9.17) is 5.73 Å². The van der Waals surface area contributed by atoms with E-state index >= 15 is 0 Å². The average Bonchev–Trinajstić information content (AvgIpc) is 2.76. The van der Waals surface area contributed by atoms with Gasteiger partial charge in [0.05, 0.1) is 18.3 Å². The highest BCUT2D eigenvalue weighted by Gasteiger charge is 2.18. The predicted molar refractivity (Wildman–Crippen MR) is 69.1 cm³/mol. The van der Waals surface area contributed by atoms with Crippen LogP contribution in [0.4, 0.5) is 0 Å². The summed E-state index contributed by atoms with van der Waals surface area (Å²) in [4.78, 5) is 11.3. The Morgan fingerprint density at radius 2 is 2.22 bits per heavy atom. The normalized spacial score (nSPS) is 12.6. The summed E-state index contributed by atoms with van der Waals surface area (Å²) in [6.45, 7) is 2.82. The molecule has 0 spiro atoms. The molecule has 0 saturated carbocycles. The summed E-state index contributed by atoms with van der Waals surface area (Å²) in [5, 5.41) is 5.53. The molecule has 0 radical (unpaired) electrons. The third-order valence-corrected chi connectivity index (χ3v) is 2.95. The largest absolute Gasteiger partial charge is 0.468 e. The van der Waals surface area contributed by atoms with Gasteiger partial charge in [-0.3, -0.25) is 9.48 Å². The number of methoxy groups -OCH3 is 1. The van der Waals surface area contributed by atoms with Crippen molar-refractivity contribution in [2.24, 2.45) is 5.73 Å². The lowest BCUT2D eigenvalue weighted by atomic mass is 10.1. The lowest BCUT2D eigenvalue weighted by Gasteiger charge is -2.06. The lowest BCUT2D eigenvalue weighted by Crippen LogP contribution is -2.33. The van der Waals surface area contributed by atoms with Crippen molar-refractivity contribution >= 4 is 16.9 Å². The van der Waals surface area contributed by atoms with Gasteiger partial charge in [0.25, 0.3) is 0 Å². The minimum absolute atomic E-state index is 0.389. The van der Waals surface area contributed by atoms with Crippen LogP contribution in [-0.4, -0.2) is 28.9 Å². The smallest absolute Gasteiger partial charge is 0.323 e. The molecule has 5 heteroatoms. The van der Waals surface area contributed by atoms with Gasteiger partial charge in [0.2, 0.25) is 0 Å². The first-order valence-corrected chi connectivity index (χ1v) is 5.95. The van der Waals surface area contributed by atoms with Crippen LogP contribution in [0, 0.1) is 0 Å². The molecule has 2 rings (SSSR count). The number of rotatable bonds is 4. The van der Waals surface area contributed by atoms with Gasteiger partial charge in [-0.15, -0.1) is 0 Å². The van der Waals surface area contributed by atoms with Crippen molar-refractivity contribution in [1.29, 1.82) is 0 Å². The SMILES string of the molecule is CCn1nc(CC(N)C(=O)OC)c2ccccc21. The zero-order valence-electron chi connectivity index (χ0n) is 10.6. The maximum Gasteiger partial charge on any atom is 0.323 e. The first kappa shape index (κ1) is 12.6. The van der Waals surface area contributed by atoms with Crippen LogP contribution >= 0.6 is 0 Å². The van der Waals surface area contributed by atoms with Crippen LogP contribution in [0.5, 0.6) is 0 Å². The molecule has 0 saturated heterocycles. The number of para-hydroxylation sites is 1. The fraction of sp³-hybridized carbons (Fsp3) is 0.385. The summed E-state index contributed by atoms with van der Waals surface area (Å²) in [7, 11) is 1.34. The van der Waals surface area contributed by atoms with Gasteiger partial charge in [-0.2, -0.15) is 5.10 Å². The van der Waals surface area contributed by atoms with Crippen molar-refractivity contribution in [2.45, 2.75) is 25.9 Å². The molecule has 1 aromatic carbocycles. The Morgan fingerprint density at radius 1 is 1.50 bits per heavy atom. The average molecular weight is 247 g/mol. The summed E-state index contributed by atoms with van der Waals surface area (Å²) < 4.78 is 6.54. The highest BCUT2D eigenvalue weighted by Crippen LogP contribution is 2.19. The standard InChI is InChI=1S/C13H17N3O2/c1-3-16-12-7-5-4-6-9(12)11(15-16)8-10(14)13(17)18-2/h4-7,10H,3,8,14H2,1-2H3. The monoisotopic (exact) mass is 247 g/mol. The van der Waals surface area contributed by atoms with Gasteiger partial charge in [0, 0.05) is 18.4 Å². The fourth-order valence-electron chi connectivity index (χ4n) is 2.03. The van der Waals surface area contributed by atoms with Gasteiger partial charge in [0.15, 0.2) is 0 Å². The molecule has 0 aliphatic heterocycles.